The van der Waals surface area contributed by atoms with Crippen LogP contribution in [-0.4, -0.2) is 21.7 Å². The van der Waals surface area contributed by atoms with E-state index in [-0.39, 0.29) is 16.1 Å². The molecule has 0 heterocycles. The number of nitro benzene ring substituents is 2. The second-order valence-corrected chi connectivity index (χ2v) is 5.63. The van der Waals surface area contributed by atoms with Gasteiger partial charge in [-0.15, -0.1) is 0 Å². The van der Waals surface area contributed by atoms with Crippen molar-refractivity contribution in [2.75, 3.05) is 0 Å². The maximum atomic E-state index is 12.0. The van der Waals surface area contributed by atoms with Gasteiger partial charge in [0.15, 0.2) is 0 Å². The first kappa shape index (κ1) is 19.1. The highest BCUT2D eigenvalue weighted by Gasteiger charge is 2.20. The number of benzene rings is 2. The molecule has 0 unspecified atom stereocenters. The van der Waals surface area contributed by atoms with Crippen LogP contribution in [0.5, 0.6) is 0 Å². The number of amides is 2. The van der Waals surface area contributed by atoms with Crippen LogP contribution in [0.15, 0.2) is 36.4 Å². The van der Waals surface area contributed by atoms with Gasteiger partial charge in [-0.05, 0) is 18.2 Å². The smallest absolute Gasteiger partial charge is 0.267 e. The lowest BCUT2D eigenvalue weighted by atomic mass is 10.1. The Morgan fingerprint density at radius 3 is 1.88 bits per heavy atom. The van der Waals surface area contributed by atoms with E-state index in [1.54, 1.807) is 0 Å². The van der Waals surface area contributed by atoms with E-state index >= 15 is 0 Å². The molecule has 2 amide bonds. The fourth-order valence-corrected chi connectivity index (χ4v) is 2.36. The summed E-state index contributed by atoms with van der Waals surface area (Å²) < 4.78 is 0. The molecule has 2 N–H and O–H groups in total. The Balaban J connectivity index is 2.18. The van der Waals surface area contributed by atoms with Crippen molar-refractivity contribution >= 4 is 46.4 Å². The largest absolute Gasteiger partial charge is 0.277 e. The maximum Gasteiger partial charge on any atom is 0.277 e. The second kappa shape index (κ2) is 7.76. The van der Waals surface area contributed by atoms with Crippen LogP contribution >= 0.6 is 23.2 Å². The van der Waals surface area contributed by atoms with Crippen LogP contribution in [0.3, 0.4) is 0 Å². The maximum absolute atomic E-state index is 12.0. The highest BCUT2D eigenvalue weighted by Crippen LogP contribution is 2.23. The molecule has 0 aliphatic rings. The fourth-order valence-electron chi connectivity index (χ4n) is 1.86. The van der Waals surface area contributed by atoms with Gasteiger partial charge in [-0.25, -0.2) is 0 Å². The number of carbonyl (C=O) groups is 2. The van der Waals surface area contributed by atoms with Crippen LogP contribution in [0.25, 0.3) is 0 Å². The van der Waals surface area contributed by atoms with Gasteiger partial charge < -0.3 is 0 Å². The predicted molar refractivity (Wildman–Crippen MR) is 91.1 cm³/mol. The number of carbonyl (C=O) groups excluding carboxylic acids is 2. The molecule has 0 spiro atoms. The summed E-state index contributed by atoms with van der Waals surface area (Å²) in [4.78, 5) is 43.9. The topological polar surface area (TPSA) is 144 Å². The average molecular weight is 399 g/mol. The number of halogens is 2. The van der Waals surface area contributed by atoms with E-state index < -0.39 is 33.0 Å². The van der Waals surface area contributed by atoms with Crippen molar-refractivity contribution in [1.82, 2.24) is 10.9 Å². The third-order valence-corrected chi connectivity index (χ3v) is 3.60. The number of nitrogens with zero attached hydrogens (tertiary/aromatic N) is 2. The summed E-state index contributed by atoms with van der Waals surface area (Å²) in [6.07, 6.45) is 0. The molecule has 2 aromatic rings. The van der Waals surface area contributed by atoms with Crippen LogP contribution < -0.4 is 10.9 Å². The molecule has 0 fully saturated rings. The van der Waals surface area contributed by atoms with Crippen LogP contribution in [0.4, 0.5) is 11.4 Å². The highest BCUT2D eigenvalue weighted by molar-refractivity contribution is 6.36. The number of nitro groups is 2. The van der Waals surface area contributed by atoms with E-state index in [0.717, 1.165) is 12.1 Å². The summed E-state index contributed by atoms with van der Waals surface area (Å²) in [5, 5.41) is 22.0. The van der Waals surface area contributed by atoms with Crippen molar-refractivity contribution < 1.29 is 19.4 Å². The van der Waals surface area contributed by atoms with Gasteiger partial charge in [0.25, 0.3) is 23.2 Å². The Kier molecular flexibility index (Phi) is 5.70. The lowest BCUT2D eigenvalue weighted by molar-refractivity contribution is -0.394. The van der Waals surface area contributed by atoms with Gasteiger partial charge in [-0.1, -0.05) is 23.2 Å². The first-order valence-electron chi connectivity index (χ1n) is 6.68. The Morgan fingerprint density at radius 1 is 0.846 bits per heavy atom. The predicted octanol–water partition coefficient (Wildman–Crippen LogP) is 2.88. The van der Waals surface area contributed by atoms with E-state index in [1.807, 2.05) is 10.9 Å². The minimum absolute atomic E-state index is 0.0152. The molecule has 0 aromatic heterocycles. The lowest BCUT2D eigenvalue weighted by Crippen LogP contribution is -2.41. The first-order chi connectivity index (χ1) is 12.2. The number of hydrazine groups is 1. The molecule has 0 atom stereocenters. The van der Waals surface area contributed by atoms with Gasteiger partial charge in [0, 0.05) is 17.2 Å². The summed E-state index contributed by atoms with van der Waals surface area (Å²) in [5.74, 6) is -1.77. The molecule has 2 rings (SSSR count). The molecular weight excluding hydrogens is 391 g/mol. The van der Waals surface area contributed by atoms with E-state index in [4.69, 9.17) is 23.2 Å². The molecule has 0 radical (unpaired) electrons. The number of hydrogen-bond donors (Lipinski definition) is 2. The average Bonchev–Trinajstić information content (AvgIpc) is 2.58. The van der Waals surface area contributed by atoms with E-state index in [9.17, 15) is 29.8 Å². The zero-order valence-electron chi connectivity index (χ0n) is 12.6. The molecule has 0 bridgehead atoms. The quantitative estimate of drug-likeness (QED) is 0.597. The SMILES string of the molecule is O=C(NNC(=O)c1ccc(Cl)cc1Cl)c1cc([N+](=O)[O-])cc([N+](=O)[O-])c1. The van der Waals surface area contributed by atoms with Crippen LogP contribution in [0.2, 0.25) is 10.0 Å². The van der Waals surface area contributed by atoms with Gasteiger partial charge in [0.05, 0.1) is 32.1 Å². The van der Waals surface area contributed by atoms with Gasteiger partial charge in [0.2, 0.25) is 0 Å². The molecule has 10 nitrogen and oxygen atoms in total. The molecule has 0 saturated heterocycles. The highest BCUT2D eigenvalue weighted by atomic mass is 35.5. The molecular formula is C14H8Cl2N4O6. The monoisotopic (exact) mass is 398 g/mol. The number of hydrogen-bond acceptors (Lipinski definition) is 6. The van der Waals surface area contributed by atoms with Crippen molar-refractivity contribution in [3.63, 3.8) is 0 Å². The Labute approximate surface area is 155 Å². The first-order valence-corrected chi connectivity index (χ1v) is 7.44. The molecule has 0 aliphatic carbocycles. The third-order valence-electron chi connectivity index (χ3n) is 3.05. The molecule has 12 heteroatoms. The van der Waals surface area contributed by atoms with Crippen molar-refractivity contribution in [2.24, 2.45) is 0 Å². The Bertz CT molecular complexity index is 901. The van der Waals surface area contributed by atoms with Crippen LogP contribution in [-0.2, 0) is 0 Å². The van der Waals surface area contributed by atoms with E-state index in [1.165, 1.54) is 18.2 Å². The summed E-state index contributed by atoms with van der Waals surface area (Å²) in [6, 6.07) is 6.44. The van der Waals surface area contributed by atoms with Gasteiger partial charge in [-0.2, -0.15) is 0 Å². The molecule has 0 saturated carbocycles. The van der Waals surface area contributed by atoms with Gasteiger partial charge >= 0.3 is 0 Å². The molecule has 134 valence electrons. The molecule has 26 heavy (non-hydrogen) atoms. The zero-order chi connectivity index (χ0) is 19.4. The van der Waals surface area contributed by atoms with Gasteiger partial charge in [-0.3, -0.25) is 40.7 Å². The Morgan fingerprint density at radius 2 is 1.38 bits per heavy atom. The summed E-state index contributed by atoms with van der Waals surface area (Å²) >= 11 is 11.6. The Hall–Kier alpha value is -3.24. The van der Waals surface area contributed by atoms with Crippen molar-refractivity contribution in [2.45, 2.75) is 0 Å². The normalized spacial score (nSPS) is 10.1. The number of rotatable bonds is 4. The summed E-state index contributed by atoms with van der Waals surface area (Å²) in [6.45, 7) is 0. The van der Waals surface area contributed by atoms with E-state index in [2.05, 4.69) is 0 Å². The van der Waals surface area contributed by atoms with Crippen molar-refractivity contribution in [3.05, 3.63) is 77.8 Å². The minimum atomic E-state index is -0.991. The summed E-state index contributed by atoms with van der Waals surface area (Å²) in [5.41, 5.74) is 2.39. The van der Waals surface area contributed by atoms with Gasteiger partial charge in [0.1, 0.15) is 0 Å². The molecule has 0 aliphatic heterocycles. The lowest BCUT2D eigenvalue weighted by Gasteiger charge is -2.08. The third kappa shape index (κ3) is 4.43. The van der Waals surface area contributed by atoms with Crippen molar-refractivity contribution in [1.29, 1.82) is 0 Å². The molecule has 2 aromatic carbocycles. The standard InChI is InChI=1S/C14H8Cl2N4O6/c15-8-1-2-11(12(16)5-8)14(22)18-17-13(21)7-3-9(19(23)24)6-10(4-7)20(25)26/h1-6H,(H,17,21)(H,18,22). The fraction of sp³-hybridized carbons (Fsp3) is 0. The zero-order valence-corrected chi connectivity index (χ0v) is 14.1. The van der Waals surface area contributed by atoms with E-state index in [0.29, 0.717) is 11.1 Å². The van der Waals surface area contributed by atoms with Crippen LogP contribution in [0, 0.1) is 20.2 Å². The number of nitrogens with one attached hydrogen (secondary N) is 2. The summed E-state index contributed by atoms with van der Waals surface area (Å²) in [7, 11) is 0. The number of non-ortho nitro benzene ring substituents is 2. The van der Waals surface area contributed by atoms with Crippen LogP contribution in [0.1, 0.15) is 20.7 Å². The minimum Gasteiger partial charge on any atom is -0.267 e. The van der Waals surface area contributed by atoms with Crippen molar-refractivity contribution in [3.8, 4) is 0 Å². The second-order valence-electron chi connectivity index (χ2n) is 4.78.